The Morgan fingerprint density at radius 1 is 1.20 bits per heavy atom. The number of benzene rings is 2. The molecule has 0 fully saturated rings. The van der Waals surface area contributed by atoms with Gasteiger partial charge in [0.25, 0.3) is 5.69 Å². The number of para-hydroxylation sites is 1. The topological polar surface area (TPSA) is 77.3 Å². The maximum atomic E-state index is 11.6. The predicted molar refractivity (Wildman–Crippen MR) is 100 cm³/mol. The van der Waals surface area contributed by atoms with Crippen LogP contribution in [0.1, 0.15) is 18.9 Å². The SMILES string of the molecule is CCCOCCNc1c2ccccc2nc2c(C)ccc([N+](=O)[O-])c12. The first-order valence-corrected chi connectivity index (χ1v) is 8.41. The lowest BCUT2D eigenvalue weighted by Crippen LogP contribution is -2.11. The van der Waals surface area contributed by atoms with Gasteiger partial charge in [-0.15, -0.1) is 0 Å². The highest BCUT2D eigenvalue weighted by Crippen LogP contribution is 2.37. The predicted octanol–water partition coefficient (Wildman–Crippen LogP) is 4.44. The second-order valence-electron chi connectivity index (χ2n) is 5.93. The zero-order chi connectivity index (χ0) is 17.8. The molecule has 3 aromatic rings. The molecule has 0 unspecified atom stereocenters. The number of fused-ring (bicyclic) bond motifs is 2. The third kappa shape index (κ3) is 3.39. The molecule has 0 amide bonds. The molecule has 0 spiro atoms. The average molecular weight is 339 g/mol. The molecule has 0 aliphatic heterocycles. The molecule has 3 rings (SSSR count). The van der Waals surface area contributed by atoms with Gasteiger partial charge in [-0.3, -0.25) is 10.1 Å². The minimum Gasteiger partial charge on any atom is -0.381 e. The molecule has 1 N–H and O–H groups in total. The van der Waals surface area contributed by atoms with Crippen molar-refractivity contribution in [3.05, 3.63) is 52.1 Å². The van der Waals surface area contributed by atoms with Gasteiger partial charge in [0.1, 0.15) is 5.39 Å². The van der Waals surface area contributed by atoms with Gasteiger partial charge in [0.15, 0.2) is 0 Å². The molecule has 0 saturated carbocycles. The summed E-state index contributed by atoms with van der Waals surface area (Å²) in [7, 11) is 0. The number of hydrogen-bond donors (Lipinski definition) is 1. The van der Waals surface area contributed by atoms with Gasteiger partial charge in [0.2, 0.25) is 0 Å². The summed E-state index contributed by atoms with van der Waals surface area (Å²) in [6.07, 6.45) is 0.964. The zero-order valence-electron chi connectivity index (χ0n) is 14.4. The first-order valence-electron chi connectivity index (χ1n) is 8.41. The largest absolute Gasteiger partial charge is 0.381 e. The fraction of sp³-hybridized carbons (Fsp3) is 0.316. The van der Waals surface area contributed by atoms with E-state index in [9.17, 15) is 10.1 Å². The van der Waals surface area contributed by atoms with E-state index in [2.05, 4.69) is 17.2 Å². The van der Waals surface area contributed by atoms with Crippen LogP contribution in [0.25, 0.3) is 21.8 Å². The van der Waals surface area contributed by atoms with Crippen LogP contribution in [0.4, 0.5) is 11.4 Å². The number of ether oxygens (including phenoxy) is 1. The summed E-state index contributed by atoms with van der Waals surface area (Å²) in [5, 5.41) is 16.3. The lowest BCUT2D eigenvalue weighted by molar-refractivity contribution is -0.383. The van der Waals surface area contributed by atoms with Crippen molar-refractivity contribution in [2.75, 3.05) is 25.1 Å². The normalized spacial score (nSPS) is 11.1. The Labute approximate surface area is 146 Å². The molecule has 0 bridgehead atoms. The summed E-state index contributed by atoms with van der Waals surface area (Å²) in [5.74, 6) is 0. The van der Waals surface area contributed by atoms with Crippen molar-refractivity contribution in [2.24, 2.45) is 0 Å². The summed E-state index contributed by atoms with van der Waals surface area (Å²) in [6.45, 7) is 5.81. The molecule has 6 nitrogen and oxygen atoms in total. The lowest BCUT2D eigenvalue weighted by Gasteiger charge is -2.14. The van der Waals surface area contributed by atoms with Crippen LogP contribution < -0.4 is 5.32 Å². The average Bonchev–Trinajstić information content (AvgIpc) is 2.61. The Balaban J connectivity index is 2.17. The molecular weight excluding hydrogens is 318 g/mol. The van der Waals surface area contributed by atoms with Crippen molar-refractivity contribution >= 4 is 33.2 Å². The quantitative estimate of drug-likeness (QED) is 0.298. The van der Waals surface area contributed by atoms with Crippen molar-refractivity contribution < 1.29 is 9.66 Å². The van der Waals surface area contributed by atoms with Crippen molar-refractivity contribution in [3.63, 3.8) is 0 Å². The van der Waals surface area contributed by atoms with E-state index >= 15 is 0 Å². The molecule has 0 aliphatic carbocycles. The molecule has 1 heterocycles. The van der Waals surface area contributed by atoms with Crippen LogP contribution in [0.2, 0.25) is 0 Å². The van der Waals surface area contributed by atoms with Gasteiger partial charge >= 0.3 is 0 Å². The van der Waals surface area contributed by atoms with Crippen LogP contribution in [0.3, 0.4) is 0 Å². The van der Waals surface area contributed by atoms with E-state index in [1.54, 1.807) is 12.1 Å². The van der Waals surface area contributed by atoms with E-state index in [4.69, 9.17) is 4.74 Å². The zero-order valence-corrected chi connectivity index (χ0v) is 14.4. The van der Waals surface area contributed by atoms with Gasteiger partial charge < -0.3 is 10.1 Å². The number of nitrogens with zero attached hydrogens (tertiary/aromatic N) is 2. The van der Waals surface area contributed by atoms with Gasteiger partial charge in [0, 0.05) is 24.6 Å². The second kappa shape index (κ2) is 7.44. The number of nitrogens with one attached hydrogen (secondary N) is 1. The molecule has 130 valence electrons. The number of hydrogen-bond acceptors (Lipinski definition) is 5. The van der Waals surface area contributed by atoms with E-state index in [0.29, 0.717) is 30.7 Å². The highest BCUT2D eigenvalue weighted by atomic mass is 16.6. The number of pyridine rings is 1. The third-order valence-electron chi connectivity index (χ3n) is 4.11. The van der Waals surface area contributed by atoms with Crippen LogP contribution in [0.15, 0.2) is 36.4 Å². The number of aromatic nitrogens is 1. The van der Waals surface area contributed by atoms with Gasteiger partial charge in [0.05, 0.1) is 28.3 Å². The maximum Gasteiger partial charge on any atom is 0.280 e. The van der Waals surface area contributed by atoms with Crippen LogP contribution in [-0.4, -0.2) is 29.7 Å². The van der Waals surface area contributed by atoms with Gasteiger partial charge in [-0.1, -0.05) is 31.2 Å². The number of anilines is 1. The number of rotatable bonds is 7. The smallest absolute Gasteiger partial charge is 0.280 e. The third-order valence-corrected chi connectivity index (χ3v) is 4.11. The minimum absolute atomic E-state index is 0.0656. The monoisotopic (exact) mass is 339 g/mol. The summed E-state index contributed by atoms with van der Waals surface area (Å²) >= 11 is 0. The minimum atomic E-state index is -0.350. The van der Waals surface area contributed by atoms with Crippen molar-refractivity contribution in [1.29, 1.82) is 0 Å². The summed E-state index contributed by atoms with van der Waals surface area (Å²) in [5.41, 5.74) is 3.20. The molecule has 0 atom stereocenters. The standard InChI is InChI=1S/C19H21N3O3/c1-3-11-25-12-10-20-19-14-6-4-5-7-15(14)21-18-13(2)8-9-16(17(18)19)22(23)24/h4-9H,3,10-12H2,1-2H3,(H,20,21). The molecule has 0 radical (unpaired) electrons. The first-order chi connectivity index (χ1) is 12.1. The Morgan fingerprint density at radius 2 is 2.00 bits per heavy atom. The van der Waals surface area contributed by atoms with E-state index in [1.807, 2.05) is 31.2 Å². The van der Waals surface area contributed by atoms with Crippen molar-refractivity contribution in [2.45, 2.75) is 20.3 Å². The fourth-order valence-electron chi connectivity index (χ4n) is 2.94. The number of nitro benzene ring substituents is 1. The van der Waals surface area contributed by atoms with E-state index < -0.39 is 0 Å². The van der Waals surface area contributed by atoms with Gasteiger partial charge in [-0.2, -0.15) is 0 Å². The van der Waals surface area contributed by atoms with Crippen LogP contribution in [0, 0.1) is 17.0 Å². The Hall–Kier alpha value is -2.73. The summed E-state index contributed by atoms with van der Waals surface area (Å²) < 4.78 is 5.52. The van der Waals surface area contributed by atoms with Gasteiger partial charge in [-0.25, -0.2) is 4.98 Å². The Kier molecular flexibility index (Phi) is 5.09. The molecule has 1 aromatic heterocycles. The summed E-state index contributed by atoms with van der Waals surface area (Å²) in [4.78, 5) is 15.9. The maximum absolute atomic E-state index is 11.6. The molecular formula is C19H21N3O3. The molecule has 0 aliphatic rings. The number of non-ortho nitro benzene ring substituents is 1. The Morgan fingerprint density at radius 3 is 2.76 bits per heavy atom. The van der Waals surface area contributed by atoms with Crippen LogP contribution in [-0.2, 0) is 4.74 Å². The van der Waals surface area contributed by atoms with E-state index in [1.165, 1.54) is 0 Å². The number of nitro groups is 1. The number of aryl methyl sites for hydroxylation is 1. The highest BCUT2D eigenvalue weighted by molar-refractivity contribution is 6.11. The fourth-order valence-corrected chi connectivity index (χ4v) is 2.94. The lowest BCUT2D eigenvalue weighted by atomic mass is 10.0. The second-order valence-corrected chi connectivity index (χ2v) is 5.93. The summed E-state index contributed by atoms with van der Waals surface area (Å²) in [6, 6.07) is 11.0. The Bertz CT molecular complexity index is 925. The molecule has 0 saturated heterocycles. The van der Waals surface area contributed by atoms with Gasteiger partial charge in [-0.05, 0) is 25.0 Å². The van der Waals surface area contributed by atoms with Crippen LogP contribution >= 0.6 is 0 Å². The van der Waals surface area contributed by atoms with Crippen molar-refractivity contribution in [1.82, 2.24) is 4.98 Å². The first kappa shape index (κ1) is 17.1. The molecule has 6 heteroatoms. The van der Waals surface area contributed by atoms with Crippen molar-refractivity contribution in [3.8, 4) is 0 Å². The highest BCUT2D eigenvalue weighted by Gasteiger charge is 2.20. The molecule has 25 heavy (non-hydrogen) atoms. The van der Waals surface area contributed by atoms with Crippen LogP contribution in [0.5, 0.6) is 0 Å². The van der Waals surface area contributed by atoms with E-state index in [0.717, 1.165) is 28.6 Å². The van der Waals surface area contributed by atoms with E-state index in [-0.39, 0.29) is 10.6 Å². The molecule has 2 aromatic carbocycles.